The average Bonchev–Trinajstić information content (AvgIpc) is 2.15. The van der Waals surface area contributed by atoms with Crippen LogP contribution in [0.4, 0.5) is 17.6 Å². The van der Waals surface area contributed by atoms with Crippen LogP contribution in [0.25, 0.3) is 0 Å². The fourth-order valence-electron chi connectivity index (χ4n) is 1.18. The second kappa shape index (κ2) is 4.21. The zero-order valence-corrected chi connectivity index (χ0v) is 8.31. The molecule has 0 spiro atoms. The maximum Gasteiger partial charge on any atom is 0.416 e. The molecule has 0 aliphatic heterocycles. The number of nitrogens with two attached hydrogens (primary N) is 1. The Morgan fingerprint density at radius 1 is 1.38 bits per heavy atom. The van der Waals surface area contributed by atoms with Crippen molar-refractivity contribution in [1.82, 2.24) is 0 Å². The molecule has 1 aromatic rings. The summed E-state index contributed by atoms with van der Waals surface area (Å²) in [4.78, 5) is 10.9. The van der Waals surface area contributed by atoms with E-state index in [0.717, 1.165) is 6.92 Å². The van der Waals surface area contributed by atoms with E-state index < -0.39 is 34.9 Å². The third kappa shape index (κ3) is 2.57. The number of hydrogen-bond donors (Lipinski definition) is 1. The van der Waals surface area contributed by atoms with E-state index in [2.05, 4.69) is 0 Å². The summed E-state index contributed by atoms with van der Waals surface area (Å²) < 4.78 is 50.1. The smallest absolute Gasteiger partial charge is 0.318 e. The van der Waals surface area contributed by atoms with Crippen LogP contribution < -0.4 is 5.73 Å². The highest BCUT2D eigenvalue weighted by atomic mass is 19.4. The van der Waals surface area contributed by atoms with E-state index in [1.165, 1.54) is 0 Å². The molecule has 0 fully saturated rings. The largest absolute Gasteiger partial charge is 0.416 e. The molecule has 1 rings (SSSR count). The van der Waals surface area contributed by atoms with Gasteiger partial charge in [0.2, 0.25) is 0 Å². The first kappa shape index (κ1) is 12.6. The Kier molecular flexibility index (Phi) is 3.32. The van der Waals surface area contributed by atoms with Gasteiger partial charge in [0, 0.05) is 5.56 Å². The van der Waals surface area contributed by atoms with Crippen LogP contribution in [0.1, 0.15) is 24.1 Å². The number of alkyl halides is 3. The number of ketones is 1. The van der Waals surface area contributed by atoms with E-state index in [1.54, 1.807) is 0 Å². The second-order valence-corrected chi connectivity index (χ2v) is 3.32. The quantitative estimate of drug-likeness (QED) is 0.800. The first-order valence-corrected chi connectivity index (χ1v) is 4.36. The Hall–Kier alpha value is -1.43. The standard InChI is InChI=1S/C10H9F4NO/c1-5(16)9(15)7-4-6(10(12,13)14)2-3-8(7)11/h2-4,9H,15H2,1H3. The van der Waals surface area contributed by atoms with Crippen LogP contribution in [0.5, 0.6) is 0 Å². The number of Topliss-reactive ketones (excluding diaryl/α,β-unsaturated/α-hetero) is 1. The maximum absolute atomic E-state index is 13.2. The zero-order valence-electron chi connectivity index (χ0n) is 8.31. The molecule has 2 N–H and O–H groups in total. The van der Waals surface area contributed by atoms with E-state index in [-0.39, 0.29) is 0 Å². The molecule has 16 heavy (non-hydrogen) atoms. The van der Waals surface area contributed by atoms with Gasteiger partial charge in [0.1, 0.15) is 5.82 Å². The average molecular weight is 235 g/mol. The molecule has 0 aliphatic rings. The third-order valence-corrected chi connectivity index (χ3v) is 2.10. The molecular formula is C10H9F4NO. The summed E-state index contributed by atoms with van der Waals surface area (Å²) in [6, 6.07) is 0.441. The second-order valence-electron chi connectivity index (χ2n) is 3.32. The molecule has 0 bridgehead atoms. The lowest BCUT2D eigenvalue weighted by atomic mass is 10.0. The number of carbonyl (C=O) groups is 1. The predicted octanol–water partition coefficient (Wildman–Crippen LogP) is 2.43. The lowest BCUT2D eigenvalue weighted by Gasteiger charge is -2.13. The summed E-state index contributed by atoms with van der Waals surface area (Å²) in [6.07, 6.45) is -4.58. The molecule has 0 aliphatic carbocycles. The van der Waals surface area contributed by atoms with Crippen molar-refractivity contribution in [2.24, 2.45) is 5.73 Å². The van der Waals surface area contributed by atoms with Crippen molar-refractivity contribution in [2.45, 2.75) is 19.1 Å². The Labute approximate surface area is 89.1 Å². The van der Waals surface area contributed by atoms with Gasteiger partial charge in [-0.2, -0.15) is 13.2 Å². The SMILES string of the molecule is CC(=O)C(N)c1cc(C(F)(F)F)ccc1F. The van der Waals surface area contributed by atoms with Gasteiger partial charge >= 0.3 is 6.18 Å². The van der Waals surface area contributed by atoms with Crippen LogP contribution in [0.15, 0.2) is 18.2 Å². The van der Waals surface area contributed by atoms with Gasteiger partial charge in [-0.1, -0.05) is 0 Å². The molecule has 1 atom stereocenters. The fraction of sp³-hybridized carbons (Fsp3) is 0.300. The van der Waals surface area contributed by atoms with Crippen molar-refractivity contribution >= 4 is 5.78 Å². The van der Waals surface area contributed by atoms with E-state index in [0.29, 0.717) is 18.2 Å². The van der Waals surface area contributed by atoms with E-state index in [9.17, 15) is 22.4 Å². The molecule has 1 unspecified atom stereocenters. The van der Waals surface area contributed by atoms with Crippen molar-refractivity contribution in [2.75, 3.05) is 0 Å². The highest BCUT2D eigenvalue weighted by molar-refractivity contribution is 5.82. The van der Waals surface area contributed by atoms with Crippen LogP contribution in [0, 0.1) is 5.82 Å². The minimum absolute atomic E-state index is 0.442. The molecule has 0 aromatic heterocycles. The van der Waals surface area contributed by atoms with E-state index in [1.807, 2.05) is 0 Å². The van der Waals surface area contributed by atoms with E-state index >= 15 is 0 Å². The van der Waals surface area contributed by atoms with Gasteiger partial charge in [-0.15, -0.1) is 0 Å². The van der Waals surface area contributed by atoms with Crippen molar-refractivity contribution < 1.29 is 22.4 Å². The minimum atomic E-state index is -4.58. The number of benzene rings is 1. The predicted molar refractivity (Wildman–Crippen MR) is 49.0 cm³/mol. The van der Waals surface area contributed by atoms with Crippen molar-refractivity contribution in [1.29, 1.82) is 0 Å². The third-order valence-electron chi connectivity index (χ3n) is 2.10. The Morgan fingerprint density at radius 3 is 2.38 bits per heavy atom. The summed E-state index contributed by atoms with van der Waals surface area (Å²) in [6.45, 7) is 1.09. The summed E-state index contributed by atoms with van der Waals surface area (Å²) in [7, 11) is 0. The molecule has 0 heterocycles. The molecule has 6 heteroatoms. The van der Waals surface area contributed by atoms with Crippen LogP contribution >= 0.6 is 0 Å². The first-order valence-electron chi connectivity index (χ1n) is 4.36. The number of carbonyl (C=O) groups excluding carboxylic acids is 1. The Bertz CT molecular complexity index is 414. The zero-order chi connectivity index (χ0) is 12.5. The molecule has 0 saturated carbocycles. The lowest BCUT2D eigenvalue weighted by Crippen LogP contribution is -2.21. The van der Waals surface area contributed by atoms with Gasteiger partial charge in [0.25, 0.3) is 0 Å². The van der Waals surface area contributed by atoms with Gasteiger partial charge < -0.3 is 5.73 Å². The van der Waals surface area contributed by atoms with E-state index in [4.69, 9.17) is 5.73 Å². The molecule has 0 radical (unpaired) electrons. The molecule has 88 valence electrons. The molecule has 0 saturated heterocycles. The summed E-state index contributed by atoms with van der Waals surface area (Å²) >= 11 is 0. The van der Waals surface area contributed by atoms with Gasteiger partial charge in [0.15, 0.2) is 5.78 Å². The highest BCUT2D eigenvalue weighted by Gasteiger charge is 2.32. The number of hydrogen-bond acceptors (Lipinski definition) is 2. The number of rotatable bonds is 2. The van der Waals surface area contributed by atoms with Crippen molar-refractivity contribution in [3.05, 3.63) is 35.1 Å². The van der Waals surface area contributed by atoms with Crippen LogP contribution in [-0.2, 0) is 11.0 Å². The van der Waals surface area contributed by atoms with Gasteiger partial charge in [0.05, 0.1) is 11.6 Å². The Balaban J connectivity index is 3.24. The molecular weight excluding hydrogens is 226 g/mol. The van der Waals surface area contributed by atoms with Gasteiger partial charge in [-0.3, -0.25) is 4.79 Å². The van der Waals surface area contributed by atoms with Crippen LogP contribution in [0.3, 0.4) is 0 Å². The summed E-state index contributed by atoms with van der Waals surface area (Å²) in [5.74, 6) is -1.52. The highest BCUT2D eigenvalue weighted by Crippen LogP contribution is 2.31. The molecule has 2 nitrogen and oxygen atoms in total. The van der Waals surface area contributed by atoms with Crippen LogP contribution in [0.2, 0.25) is 0 Å². The van der Waals surface area contributed by atoms with Crippen LogP contribution in [-0.4, -0.2) is 5.78 Å². The van der Waals surface area contributed by atoms with Crippen molar-refractivity contribution in [3.63, 3.8) is 0 Å². The van der Waals surface area contributed by atoms with Crippen molar-refractivity contribution in [3.8, 4) is 0 Å². The Morgan fingerprint density at radius 2 is 1.94 bits per heavy atom. The lowest BCUT2D eigenvalue weighted by molar-refractivity contribution is -0.137. The summed E-state index contributed by atoms with van der Waals surface area (Å²) in [5.41, 5.74) is 3.82. The minimum Gasteiger partial charge on any atom is -0.318 e. The summed E-state index contributed by atoms with van der Waals surface area (Å²) in [5, 5.41) is 0. The monoisotopic (exact) mass is 235 g/mol. The molecule has 0 amide bonds. The normalized spacial score (nSPS) is 13.6. The maximum atomic E-state index is 13.2. The van der Waals surface area contributed by atoms with Gasteiger partial charge in [-0.05, 0) is 25.1 Å². The van der Waals surface area contributed by atoms with Gasteiger partial charge in [-0.25, -0.2) is 4.39 Å². The topological polar surface area (TPSA) is 43.1 Å². The number of halogens is 4. The molecule has 1 aromatic carbocycles. The fourth-order valence-corrected chi connectivity index (χ4v) is 1.18. The first-order chi connectivity index (χ1) is 7.23.